The number of nitriles is 2. The van der Waals surface area contributed by atoms with Crippen LogP contribution in [0.2, 0.25) is 0 Å². The lowest BCUT2D eigenvalue weighted by Crippen LogP contribution is -2.01. The van der Waals surface area contributed by atoms with Gasteiger partial charge in [-0.05, 0) is 60.2 Å². The van der Waals surface area contributed by atoms with Gasteiger partial charge in [-0.15, -0.1) is 0 Å². The largest absolute Gasteiger partial charge is 0.307 e. The fourth-order valence-corrected chi connectivity index (χ4v) is 8.86. The smallest absolute Gasteiger partial charge is 0.102 e. The number of hydrogen-bond acceptors (Lipinski definition) is 2. The van der Waals surface area contributed by atoms with Crippen molar-refractivity contribution < 1.29 is 0 Å². The number of para-hydroxylation sites is 6. The standard InChI is InChI=1S/C50H29N5/c51-30-33-12-9-18-40-38-15-4-8-23-46(38)55(49(33)40)47-24-10-17-35(42(47)31-52)32-26-28-34(29-27-32)53-43-20-5-3-16-39(43)41-19-11-25-48(50(41)53)54-44-21-6-1-13-36(44)37-14-2-7-22-45(37)54/h1-29H. The van der Waals surface area contributed by atoms with Crippen molar-refractivity contribution in [2.24, 2.45) is 0 Å². The van der Waals surface area contributed by atoms with Gasteiger partial charge in [-0.2, -0.15) is 10.5 Å². The van der Waals surface area contributed by atoms with Crippen LogP contribution in [-0.2, 0) is 0 Å². The van der Waals surface area contributed by atoms with Crippen molar-refractivity contribution in [3.63, 3.8) is 0 Å². The Morgan fingerprint density at radius 2 is 0.818 bits per heavy atom. The van der Waals surface area contributed by atoms with Crippen LogP contribution in [0.3, 0.4) is 0 Å². The van der Waals surface area contributed by atoms with Gasteiger partial charge in [0.2, 0.25) is 0 Å². The SMILES string of the molecule is N#Cc1c(-c2ccc(-n3c4ccccc4c4cccc(-n5c6ccccc6c6ccccc65)c43)cc2)cccc1-n1c2ccccc2c2cccc(C#N)c21. The third-order valence-corrected chi connectivity index (χ3v) is 11.1. The van der Waals surface area contributed by atoms with E-state index in [1.54, 1.807) is 0 Å². The van der Waals surface area contributed by atoms with Crippen molar-refractivity contribution in [1.82, 2.24) is 13.7 Å². The third kappa shape index (κ3) is 4.33. The third-order valence-electron chi connectivity index (χ3n) is 11.1. The van der Waals surface area contributed by atoms with Crippen LogP contribution in [0.4, 0.5) is 0 Å². The van der Waals surface area contributed by atoms with E-state index in [0.29, 0.717) is 11.1 Å². The molecule has 0 radical (unpaired) electrons. The highest BCUT2D eigenvalue weighted by atomic mass is 15.1. The van der Waals surface area contributed by atoms with Gasteiger partial charge in [0, 0.05) is 43.6 Å². The van der Waals surface area contributed by atoms with E-state index in [4.69, 9.17) is 0 Å². The summed E-state index contributed by atoms with van der Waals surface area (Å²) in [5.74, 6) is 0. The zero-order valence-corrected chi connectivity index (χ0v) is 29.5. The maximum Gasteiger partial charge on any atom is 0.102 e. The van der Waals surface area contributed by atoms with E-state index >= 15 is 0 Å². The summed E-state index contributed by atoms with van der Waals surface area (Å²) in [4.78, 5) is 0. The molecule has 0 atom stereocenters. The fraction of sp³-hybridized carbons (Fsp3) is 0. The maximum absolute atomic E-state index is 10.8. The average Bonchev–Trinajstić information content (AvgIpc) is 3.89. The summed E-state index contributed by atoms with van der Waals surface area (Å²) >= 11 is 0. The number of nitrogens with zero attached hydrogens (tertiary/aromatic N) is 5. The average molecular weight is 700 g/mol. The highest BCUT2D eigenvalue weighted by Crippen LogP contribution is 2.41. The Morgan fingerprint density at radius 3 is 1.42 bits per heavy atom. The van der Waals surface area contributed by atoms with Crippen LogP contribution in [-0.4, -0.2) is 13.7 Å². The number of fused-ring (bicyclic) bond motifs is 9. The zero-order chi connectivity index (χ0) is 36.6. The lowest BCUT2D eigenvalue weighted by atomic mass is 9.98. The molecule has 0 fully saturated rings. The number of hydrogen-bond donors (Lipinski definition) is 0. The fourth-order valence-electron chi connectivity index (χ4n) is 8.86. The summed E-state index contributed by atoms with van der Waals surface area (Å²) in [6.07, 6.45) is 0. The van der Waals surface area contributed by atoms with E-state index < -0.39 is 0 Å². The van der Waals surface area contributed by atoms with Crippen LogP contribution in [0, 0.1) is 22.7 Å². The summed E-state index contributed by atoms with van der Waals surface area (Å²) in [5.41, 5.74) is 12.1. The molecule has 0 aliphatic heterocycles. The van der Waals surface area contributed by atoms with Gasteiger partial charge in [-0.3, -0.25) is 0 Å². The normalized spacial score (nSPS) is 11.6. The number of rotatable bonds is 4. The first-order valence-corrected chi connectivity index (χ1v) is 18.3. The van der Waals surface area contributed by atoms with Crippen molar-refractivity contribution in [2.75, 3.05) is 0 Å². The van der Waals surface area contributed by atoms with E-state index in [1.165, 1.54) is 21.5 Å². The molecule has 3 heterocycles. The van der Waals surface area contributed by atoms with Crippen LogP contribution >= 0.6 is 0 Å². The molecule has 0 bridgehead atoms. The lowest BCUT2D eigenvalue weighted by Gasteiger charge is -2.16. The van der Waals surface area contributed by atoms with Crippen molar-refractivity contribution in [3.05, 3.63) is 187 Å². The first-order chi connectivity index (χ1) is 27.2. The molecule has 5 nitrogen and oxygen atoms in total. The molecular weight excluding hydrogens is 671 g/mol. The first-order valence-electron chi connectivity index (χ1n) is 18.3. The summed E-state index contributed by atoms with van der Waals surface area (Å²) in [6.45, 7) is 0. The predicted octanol–water partition coefficient (Wildman–Crippen LogP) is 12.4. The van der Waals surface area contributed by atoms with Crippen molar-refractivity contribution in [1.29, 1.82) is 10.5 Å². The van der Waals surface area contributed by atoms with Gasteiger partial charge >= 0.3 is 0 Å². The van der Waals surface area contributed by atoms with Crippen LogP contribution in [0.25, 0.3) is 93.6 Å². The van der Waals surface area contributed by atoms with Gasteiger partial charge in [0.05, 0.1) is 55.6 Å². The molecule has 5 heteroatoms. The molecule has 0 spiro atoms. The Labute approximate surface area is 316 Å². The van der Waals surface area contributed by atoms with E-state index in [2.05, 4.69) is 153 Å². The van der Waals surface area contributed by atoms with Gasteiger partial charge in [-0.25, -0.2) is 0 Å². The Hall–Kier alpha value is -7.86. The summed E-state index contributed by atoms with van der Waals surface area (Å²) in [5, 5.41) is 27.8. The van der Waals surface area contributed by atoms with Crippen molar-refractivity contribution >= 4 is 65.4 Å². The van der Waals surface area contributed by atoms with E-state index in [-0.39, 0.29) is 0 Å². The van der Waals surface area contributed by atoms with E-state index in [9.17, 15) is 10.5 Å². The minimum absolute atomic E-state index is 0.552. The minimum Gasteiger partial charge on any atom is -0.307 e. The van der Waals surface area contributed by atoms with Crippen molar-refractivity contribution in [3.8, 4) is 40.3 Å². The zero-order valence-electron chi connectivity index (χ0n) is 29.5. The number of benzene rings is 8. The highest BCUT2D eigenvalue weighted by molar-refractivity contribution is 6.15. The molecule has 0 amide bonds. The molecule has 11 rings (SSSR count). The summed E-state index contributed by atoms with van der Waals surface area (Å²) in [6, 6.07) is 65.9. The number of aromatic nitrogens is 3. The molecule has 0 aliphatic rings. The van der Waals surface area contributed by atoms with Crippen LogP contribution in [0.15, 0.2) is 176 Å². The predicted molar refractivity (Wildman–Crippen MR) is 224 cm³/mol. The molecule has 8 aromatic carbocycles. The minimum atomic E-state index is 0.552. The van der Waals surface area contributed by atoms with Gasteiger partial charge < -0.3 is 13.7 Å². The second kappa shape index (κ2) is 11.8. The summed E-state index contributed by atoms with van der Waals surface area (Å²) in [7, 11) is 0. The molecule has 0 N–H and O–H groups in total. The molecule has 0 unspecified atom stereocenters. The second-order valence-electron chi connectivity index (χ2n) is 13.9. The van der Waals surface area contributed by atoms with Crippen molar-refractivity contribution in [2.45, 2.75) is 0 Å². The van der Waals surface area contributed by atoms with Crippen LogP contribution < -0.4 is 0 Å². The van der Waals surface area contributed by atoms with Gasteiger partial charge in [0.1, 0.15) is 12.1 Å². The lowest BCUT2D eigenvalue weighted by molar-refractivity contribution is 1.13. The molecule has 0 aliphatic carbocycles. The molecule has 55 heavy (non-hydrogen) atoms. The van der Waals surface area contributed by atoms with E-state index in [1.807, 2.05) is 48.5 Å². The highest BCUT2D eigenvalue weighted by Gasteiger charge is 2.22. The van der Waals surface area contributed by atoms with E-state index in [0.717, 1.165) is 72.1 Å². The van der Waals surface area contributed by atoms with Crippen LogP contribution in [0.1, 0.15) is 11.1 Å². The molecule has 11 aromatic rings. The molecule has 0 saturated carbocycles. The topological polar surface area (TPSA) is 62.4 Å². The molecular formula is C50H29N5. The monoisotopic (exact) mass is 699 g/mol. The van der Waals surface area contributed by atoms with Gasteiger partial charge in [0.25, 0.3) is 0 Å². The quantitative estimate of drug-likeness (QED) is 0.184. The Balaban J connectivity index is 1.12. The first kappa shape index (κ1) is 30.7. The molecule has 0 saturated heterocycles. The Morgan fingerprint density at radius 1 is 0.345 bits per heavy atom. The van der Waals surface area contributed by atoms with Crippen LogP contribution in [0.5, 0.6) is 0 Å². The Kier molecular flexibility index (Phi) is 6.61. The second-order valence-corrected chi connectivity index (χ2v) is 13.9. The molecule has 254 valence electrons. The summed E-state index contributed by atoms with van der Waals surface area (Å²) < 4.78 is 6.85. The Bertz CT molecular complexity index is 3400. The maximum atomic E-state index is 10.8. The molecule has 3 aromatic heterocycles. The van der Waals surface area contributed by atoms with Gasteiger partial charge in [0.15, 0.2) is 0 Å². The van der Waals surface area contributed by atoms with Gasteiger partial charge in [-0.1, -0.05) is 121 Å².